The van der Waals surface area contributed by atoms with Gasteiger partial charge in [0, 0.05) is 32.6 Å². The number of hydrogen-bond donors (Lipinski definition) is 2. The largest absolute Gasteiger partial charge is 0.388 e. The predicted octanol–water partition coefficient (Wildman–Crippen LogP) is 1.92. The lowest BCUT2D eigenvalue weighted by atomic mass is 9.94. The normalized spacial score (nSPS) is 19.0. The number of benzene rings is 1. The van der Waals surface area contributed by atoms with Gasteiger partial charge in [-0.15, -0.1) is 0 Å². The zero-order chi connectivity index (χ0) is 12.3. The molecule has 0 bridgehead atoms. The third-order valence-corrected chi connectivity index (χ3v) is 2.96. The van der Waals surface area contributed by atoms with E-state index in [-0.39, 0.29) is 12.2 Å². The van der Waals surface area contributed by atoms with Crippen molar-refractivity contribution in [1.29, 1.82) is 0 Å². The molecule has 1 aliphatic heterocycles. The van der Waals surface area contributed by atoms with E-state index >= 15 is 0 Å². The molecule has 1 aliphatic rings. The molecule has 0 amide bonds. The highest BCUT2D eigenvalue weighted by molar-refractivity contribution is 5.45. The zero-order valence-electron chi connectivity index (χ0n) is 9.38. The van der Waals surface area contributed by atoms with E-state index in [0.717, 1.165) is 18.2 Å². The molecule has 94 valence electrons. The molecule has 3 nitrogen and oxygen atoms in total. The van der Waals surface area contributed by atoms with Crippen LogP contribution in [0, 0.1) is 11.6 Å². The molecule has 5 heteroatoms. The van der Waals surface area contributed by atoms with Crippen molar-refractivity contribution in [2.24, 2.45) is 0 Å². The van der Waals surface area contributed by atoms with E-state index in [1.54, 1.807) is 0 Å². The first kappa shape index (κ1) is 12.3. The van der Waals surface area contributed by atoms with E-state index < -0.39 is 17.2 Å². The topological polar surface area (TPSA) is 41.5 Å². The van der Waals surface area contributed by atoms with Crippen LogP contribution in [0.3, 0.4) is 0 Å². The molecule has 0 radical (unpaired) electrons. The molecule has 0 aliphatic carbocycles. The van der Waals surface area contributed by atoms with Crippen molar-refractivity contribution in [3.8, 4) is 0 Å². The summed E-state index contributed by atoms with van der Waals surface area (Å²) in [5.41, 5.74) is -0.832. The molecule has 1 saturated heterocycles. The lowest BCUT2D eigenvalue weighted by Gasteiger charge is -2.32. The smallest absolute Gasteiger partial charge is 0.146 e. The van der Waals surface area contributed by atoms with Gasteiger partial charge in [-0.3, -0.25) is 0 Å². The maximum atomic E-state index is 13.3. The van der Waals surface area contributed by atoms with Gasteiger partial charge >= 0.3 is 0 Å². The van der Waals surface area contributed by atoms with Crippen LogP contribution in [-0.2, 0) is 4.74 Å². The molecular weight excluding hydrogens is 228 g/mol. The molecule has 0 spiro atoms. The van der Waals surface area contributed by atoms with Gasteiger partial charge in [0.1, 0.15) is 11.6 Å². The van der Waals surface area contributed by atoms with Crippen LogP contribution in [0.2, 0.25) is 0 Å². The fourth-order valence-electron chi connectivity index (χ4n) is 1.82. The Morgan fingerprint density at radius 1 is 1.29 bits per heavy atom. The number of anilines is 1. The quantitative estimate of drug-likeness (QED) is 0.852. The maximum absolute atomic E-state index is 13.3. The number of halogens is 2. The van der Waals surface area contributed by atoms with Crippen LogP contribution in [0.5, 0.6) is 0 Å². The third kappa shape index (κ3) is 3.14. The monoisotopic (exact) mass is 243 g/mol. The van der Waals surface area contributed by atoms with Crippen molar-refractivity contribution < 1.29 is 18.6 Å². The Hall–Kier alpha value is -1.20. The molecule has 1 heterocycles. The van der Waals surface area contributed by atoms with Gasteiger partial charge < -0.3 is 15.2 Å². The van der Waals surface area contributed by atoms with Gasteiger partial charge in [0.15, 0.2) is 0 Å². The molecule has 2 rings (SSSR count). The summed E-state index contributed by atoms with van der Waals surface area (Å²) in [5, 5.41) is 12.9. The number of ether oxygens (including phenoxy) is 1. The Kier molecular flexibility index (Phi) is 3.59. The highest BCUT2D eigenvalue weighted by atomic mass is 19.1. The number of hydrogen-bond acceptors (Lipinski definition) is 3. The lowest BCUT2D eigenvalue weighted by molar-refractivity contribution is -0.0543. The van der Waals surface area contributed by atoms with E-state index in [0.29, 0.717) is 26.1 Å². The summed E-state index contributed by atoms with van der Waals surface area (Å²) in [4.78, 5) is 0. The summed E-state index contributed by atoms with van der Waals surface area (Å²) < 4.78 is 31.4. The van der Waals surface area contributed by atoms with Crippen LogP contribution in [0.25, 0.3) is 0 Å². The Balaban J connectivity index is 1.99. The standard InChI is InChI=1S/C12H15F2NO2/c13-9-1-2-10(14)11(7-9)15-8-12(16)3-5-17-6-4-12/h1-2,7,15-16H,3-6,8H2. The van der Waals surface area contributed by atoms with Crippen LogP contribution in [0.4, 0.5) is 14.5 Å². The van der Waals surface area contributed by atoms with Gasteiger partial charge in [-0.05, 0) is 18.2 Å². The first-order valence-corrected chi connectivity index (χ1v) is 5.58. The van der Waals surface area contributed by atoms with E-state index in [1.807, 2.05) is 0 Å². The fourth-order valence-corrected chi connectivity index (χ4v) is 1.82. The molecular formula is C12H15F2NO2. The van der Waals surface area contributed by atoms with Crippen molar-refractivity contribution in [1.82, 2.24) is 0 Å². The molecule has 0 aromatic heterocycles. The molecule has 1 aromatic carbocycles. The van der Waals surface area contributed by atoms with E-state index in [9.17, 15) is 13.9 Å². The summed E-state index contributed by atoms with van der Waals surface area (Å²) >= 11 is 0. The van der Waals surface area contributed by atoms with Crippen molar-refractivity contribution >= 4 is 5.69 Å². The van der Waals surface area contributed by atoms with Crippen LogP contribution in [0.1, 0.15) is 12.8 Å². The van der Waals surface area contributed by atoms with Gasteiger partial charge in [-0.2, -0.15) is 0 Å². The average Bonchev–Trinajstić information content (AvgIpc) is 2.31. The van der Waals surface area contributed by atoms with Gasteiger partial charge in [-0.1, -0.05) is 0 Å². The molecule has 1 aromatic rings. The van der Waals surface area contributed by atoms with Crippen molar-refractivity contribution in [2.75, 3.05) is 25.1 Å². The summed E-state index contributed by atoms with van der Waals surface area (Å²) in [6.07, 6.45) is 0.994. The lowest BCUT2D eigenvalue weighted by Crippen LogP contribution is -2.42. The van der Waals surface area contributed by atoms with Crippen LogP contribution in [0.15, 0.2) is 18.2 Å². The number of nitrogens with one attached hydrogen (secondary N) is 1. The van der Waals surface area contributed by atoms with Crippen molar-refractivity contribution in [2.45, 2.75) is 18.4 Å². The Bertz CT molecular complexity index is 392. The molecule has 0 saturated carbocycles. The van der Waals surface area contributed by atoms with E-state index in [4.69, 9.17) is 4.74 Å². The van der Waals surface area contributed by atoms with Gasteiger partial charge in [0.05, 0.1) is 11.3 Å². The minimum atomic E-state index is -0.906. The van der Waals surface area contributed by atoms with Crippen LogP contribution >= 0.6 is 0 Å². The summed E-state index contributed by atoms with van der Waals surface area (Å²) in [5.74, 6) is -1.03. The van der Waals surface area contributed by atoms with E-state index in [2.05, 4.69) is 5.32 Å². The van der Waals surface area contributed by atoms with Crippen molar-refractivity contribution in [3.63, 3.8) is 0 Å². The Morgan fingerprint density at radius 3 is 2.71 bits per heavy atom. The molecule has 2 N–H and O–H groups in total. The number of rotatable bonds is 3. The molecule has 0 unspecified atom stereocenters. The zero-order valence-corrected chi connectivity index (χ0v) is 9.38. The minimum Gasteiger partial charge on any atom is -0.388 e. The predicted molar refractivity (Wildman–Crippen MR) is 59.9 cm³/mol. The van der Waals surface area contributed by atoms with Crippen LogP contribution in [-0.4, -0.2) is 30.5 Å². The Morgan fingerprint density at radius 2 is 2.00 bits per heavy atom. The van der Waals surface area contributed by atoms with Crippen LogP contribution < -0.4 is 5.32 Å². The second-order valence-electron chi connectivity index (χ2n) is 4.31. The van der Waals surface area contributed by atoms with Gasteiger partial charge in [0.25, 0.3) is 0 Å². The maximum Gasteiger partial charge on any atom is 0.146 e. The average molecular weight is 243 g/mol. The first-order valence-electron chi connectivity index (χ1n) is 5.58. The van der Waals surface area contributed by atoms with Gasteiger partial charge in [0.2, 0.25) is 0 Å². The second kappa shape index (κ2) is 4.98. The summed E-state index contributed by atoms with van der Waals surface area (Å²) in [6.45, 7) is 1.17. The fraction of sp³-hybridized carbons (Fsp3) is 0.500. The SMILES string of the molecule is OC1(CNc2cc(F)ccc2F)CCOCC1. The van der Waals surface area contributed by atoms with Crippen molar-refractivity contribution in [3.05, 3.63) is 29.8 Å². The number of aliphatic hydroxyl groups is 1. The molecule has 17 heavy (non-hydrogen) atoms. The Labute approximate surface area is 98.4 Å². The first-order chi connectivity index (χ1) is 8.09. The molecule has 0 atom stereocenters. The third-order valence-electron chi connectivity index (χ3n) is 2.96. The van der Waals surface area contributed by atoms with Gasteiger partial charge in [-0.25, -0.2) is 8.78 Å². The highest BCUT2D eigenvalue weighted by Crippen LogP contribution is 2.22. The summed E-state index contributed by atoms with van der Waals surface area (Å²) in [6, 6.07) is 3.20. The highest BCUT2D eigenvalue weighted by Gasteiger charge is 2.29. The molecule has 1 fully saturated rings. The minimum absolute atomic E-state index is 0.0740. The van der Waals surface area contributed by atoms with E-state index in [1.165, 1.54) is 0 Å². The second-order valence-corrected chi connectivity index (χ2v) is 4.31. The summed E-state index contributed by atoms with van der Waals surface area (Å²) in [7, 11) is 0.